The first-order valence-corrected chi connectivity index (χ1v) is 14.1. The first kappa shape index (κ1) is 24.2. The van der Waals surface area contributed by atoms with Crippen LogP contribution in [0.3, 0.4) is 0 Å². The van der Waals surface area contributed by atoms with Gasteiger partial charge >= 0.3 is 0 Å². The molecule has 7 rings (SSSR count). The first-order chi connectivity index (χ1) is 19.8. The van der Waals surface area contributed by atoms with Gasteiger partial charge < -0.3 is 5.32 Å². The third kappa shape index (κ3) is 4.40. The molecule has 0 saturated carbocycles. The Kier molecular flexibility index (Phi) is 6.26. The number of allylic oxidation sites excluding steroid dienone is 3. The average Bonchev–Trinajstić information content (AvgIpc) is 3.02. The molecule has 2 unspecified atom stereocenters. The molecule has 1 nitrogen and oxygen atoms in total. The van der Waals surface area contributed by atoms with E-state index in [-0.39, 0.29) is 0 Å². The monoisotopic (exact) mass is 513 g/mol. The van der Waals surface area contributed by atoms with E-state index in [0.29, 0.717) is 11.8 Å². The van der Waals surface area contributed by atoms with Gasteiger partial charge in [0.15, 0.2) is 0 Å². The predicted octanol–water partition coefficient (Wildman–Crippen LogP) is 10.5. The summed E-state index contributed by atoms with van der Waals surface area (Å²) in [5, 5.41) is 8.95. The molecule has 0 aromatic heterocycles. The Bertz CT molecular complexity index is 1880. The second-order valence-corrected chi connectivity index (χ2v) is 10.7. The topological polar surface area (TPSA) is 12.0 Å². The maximum Gasteiger partial charge on any atom is 0.0422 e. The average molecular weight is 514 g/mol. The van der Waals surface area contributed by atoms with Crippen molar-refractivity contribution in [3.63, 3.8) is 0 Å². The smallest absolute Gasteiger partial charge is 0.0422 e. The number of fused-ring (bicyclic) bond motifs is 3. The summed E-state index contributed by atoms with van der Waals surface area (Å²) in [6.45, 7) is 2.35. The Morgan fingerprint density at radius 2 is 1.20 bits per heavy atom. The highest BCUT2D eigenvalue weighted by molar-refractivity contribution is 6.13. The van der Waals surface area contributed by atoms with Crippen LogP contribution in [0.5, 0.6) is 0 Å². The van der Waals surface area contributed by atoms with E-state index in [1.165, 1.54) is 49.4 Å². The highest BCUT2D eigenvalue weighted by atomic mass is 14.9. The largest absolute Gasteiger partial charge is 0.355 e. The summed E-state index contributed by atoms with van der Waals surface area (Å²) in [6.07, 6.45) is 4.63. The molecule has 192 valence electrons. The predicted molar refractivity (Wildman–Crippen MR) is 171 cm³/mol. The van der Waals surface area contributed by atoms with Crippen molar-refractivity contribution < 1.29 is 0 Å². The van der Waals surface area contributed by atoms with Crippen molar-refractivity contribution in [3.05, 3.63) is 169 Å². The Morgan fingerprint density at radius 1 is 0.550 bits per heavy atom. The molecule has 0 aliphatic heterocycles. The molecule has 0 saturated heterocycles. The van der Waals surface area contributed by atoms with Gasteiger partial charge in [-0.1, -0.05) is 134 Å². The fraction of sp³-hybridized carbons (Fsp3) is 0.0769. The van der Waals surface area contributed by atoms with E-state index in [9.17, 15) is 0 Å². The van der Waals surface area contributed by atoms with Crippen molar-refractivity contribution in [1.29, 1.82) is 0 Å². The molecule has 0 amide bonds. The molecule has 6 aromatic rings. The summed E-state index contributed by atoms with van der Waals surface area (Å²) in [5.41, 5.74) is 8.68. The van der Waals surface area contributed by atoms with Crippen molar-refractivity contribution in [1.82, 2.24) is 0 Å². The standard InChI is InChI=1S/C39H31N/c1-27-33(28-13-4-2-5-14-28)23-24-38(39(27)29-15-6-3-7-16-29)40-32-19-12-18-30(25-32)37-26-31-17-8-9-20-34(31)35-21-10-11-22-36(35)37/h2-27,33,40H,1H3. The molecule has 1 aliphatic rings. The number of hydrogen-bond acceptors (Lipinski definition) is 1. The maximum atomic E-state index is 3.82. The van der Waals surface area contributed by atoms with E-state index < -0.39 is 0 Å². The quantitative estimate of drug-likeness (QED) is 0.226. The Balaban J connectivity index is 1.31. The molecule has 0 fully saturated rings. The summed E-state index contributed by atoms with van der Waals surface area (Å²) in [4.78, 5) is 0. The molecular formula is C39H31N. The molecule has 1 aliphatic carbocycles. The second kappa shape index (κ2) is 10.4. The zero-order valence-electron chi connectivity index (χ0n) is 22.6. The van der Waals surface area contributed by atoms with Gasteiger partial charge in [-0.15, -0.1) is 0 Å². The van der Waals surface area contributed by atoms with E-state index in [4.69, 9.17) is 0 Å². The second-order valence-electron chi connectivity index (χ2n) is 10.7. The van der Waals surface area contributed by atoms with Gasteiger partial charge in [0.25, 0.3) is 0 Å². The molecular weight excluding hydrogens is 482 g/mol. The number of nitrogens with one attached hydrogen (secondary N) is 1. The molecule has 40 heavy (non-hydrogen) atoms. The third-order valence-electron chi connectivity index (χ3n) is 8.24. The SMILES string of the molecule is CC1C(c2ccccc2)=C(Nc2cccc(-c3cc4ccccc4c4ccccc34)c2)C=CC1c1ccccc1. The lowest BCUT2D eigenvalue weighted by atomic mass is 9.76. The lowest BCUT2D eigenvalue weighted by molar-refractivity contribution is 0.649. The number of rotatable bonds is 5. The van der Waals surface area contributed by atoms with Crippen LogP contribution in [-0.4, -0.2) is 0 Å². The zero-order valence-corrected chi connectivity index (χ0v) is 22.6. The van der Waals surface area contributed by atoms with E-state index in [0.717, 1.165) is 11.4 Å². The van der Waals surface area contributed by atoms with E-state index in [1.54, 1.807) is 0 Å². The fourth-order valence-corrected chi connectivity index (χ4v) is 6.31. The lowest BCUT2D eigenvalue weighted by Gasteiger charge is -2.31. The normalized spacial score (nSPS) is 16.9. The van der Waals surface area contributed by atoms with Crippen molar-refractivity contribution in [2.75, 3.05) is 5.32 Å². The minimum absolute atomic E-state index is 0.324. The summed E-state index contributed by atoms with van der Waals surface area (Å²) >= 11 is 0. The van der Waals surface area contributed by atoms with Crippen molar-refractivity contribution >= 4 is 32.8 Å². The van der Waals surface area contributed by atoms with Crippen LogP contribution in [0.15, 0.2) is 157 Å². The molecule has 0 heterocycles. The number of benzene rings is 6. The summed E-state index contributed by atoms with van der Waals surface area (Å²) in [7, 11) is 0. The van der Waals surface area contributed by atoms with Crippen molar-refractivity contribution in [2.24, 2.45) is 5.92 Å². The Hall–Kier alpha value is -4.88. The van der Waals surface area contributed by atoms with Gasteiger partial charge in [-0.05, 0) is 79.6 Å². The molecule has 0 radical (unpaired) electrons. The molecule has 1 heteroatoms. The van der Waals surface area contributed by atoms with Crippen LogP contribution in [0.1, 0.15) is 24.0 Å². The fourth-order valence-electron chi connectivity index (χ4n) is 6.31. The Labute approximate surface area is 236 Å². The van der Waals surface area contributed by atoms with Crippen LogP contribution in [0, 0.1) is 5.92 Å². The Morgan fingerprint density at radius 3 is 2.00 bits per heavy atom. The van der Waals surface area contributed by atoms with Crippen LogP contribution < -0.4 is 5.32 Å². The van der Waals surface area contributed by atoms with Crippen molar-refractivity contribution in [2.45, 2.75) is 12.8 Å². The minimum Gasteiger partial charge on any atom is -0.355 e. The maximum absolute atomic E-state index is 3.82. The number of hydrogen-bond donors (Lipinski definition) is 1. The van der Waals surface area contributed by atoms with Gasteiger partial charge in [-0.2, -0.15) is 0 Å². The van der Waals surface area contributed by atoms with Gasteiger partial charge in [0, 0.05) is 17.3 Å². The highest BCUT2D eigenvalue weighted by Gasteiger charge is 2.27. The summed E-state index contributed by atoms with van der Waals surface area (Å²) in [5.74, 6) is 0.655. The van der Waals surface area contributed by atoms with Gasteiger partial charge in [0.1, 0.15) is 0 Å². The van der Waals surface area contributed by atoms with E-state index in [2.05, 4.69) is 164 Å². The summed E-state index contributed by atoms with van der Waals surface area (Å²) in [6, 6.07) is 50.2. The summed E-state index contributed by atoms with van der Waals surface area (Å²) < 4.78 is 0. The van der Waals surface area contributed by atoms with Crippen LogP contribution in [-0.2, 0) is 0 Å². The van der Waals surface area contributed by atoms with Crippen LogP contribution in [0.25, 0.3) is 38.2 Å². The van der Waals surface area contributed by atoms with E-state index >= 15 is 0 Å². The molecule has 0 bridgehead atoms. The van der Waals surface area contributed by atoms with Crippen LogP contribution >= 0.6 is 0 Å². The molecule has 6 aromatic carbocycles. The van der Waals surface area contributed by atoms with Gasteiger partial charge in [0.2, 0.25) is 0 Å². The lowest BCUT2D eigenvalue weighted by Crippen LogP contribution is -2.17. The van der Waals surface area contributed by atoms with Crippen LogP contribution in [0.2, 0.25) is 0 Å². The van der Waals surface area contributed by atoms with Crippen LogP contribution in [0.4, 0.5) is 5.69 Å². The zero-order chi connectivity index (χ0) is 26.9. The van der Waals surface area contributed by atoms with Gasteiger partial charge in [-0.3, -0.25) is 0 Å². The molecule has 0 spiro atoms. The van der Waals surface area contributed by atoms with Gasteiger partial charge in [0.05, 0.1) is 0 Å². The van der Waals surface area contributed by atoms with Gasteiger partial charge in [-0.25, -0.2) is 0 Å². The molecule has 2 atom stereocenters. The van der Waals surface area contributed by atoms with Crippen molar-refractivity contribution in [3.8, 4) is 11.1 Å². The first-order valence-electron chi connectivity index (χ1n) is 14.1. The number of anilines is 1. The van der Waals surface area contributed by atoms with E-state index in [1.807, 2.05) is 0 Å². The minimum atomic E-state index is 0.324. The molecule has 1 N–H and O–H groups in total. The third-order valence-corrected chi connectivity index (χ3v) is 8.24. The highest BCUT2D eigenvalue weighted by Crippen LogP contribution is 2.42.